The van der Waals surface area contributed by atoms with Gasteiger partial charge >= 0.3 is 0 Å². The molecule has 22 heavy (non-hydrogen) atoms. The number of nitro benzene ring substituents is 1. The van der Waals surface area contributed by atoms with Crippen molar-refractivity contribution in [2.24, 2.45) is 0 Å². The summed E-state index contributed by atoms with van der Waals surface area (Å²) in [4.78, 5) is 11.6. The SMILES string of the molecule is C[NH+](C[C@@H](O)COc1cccc([N+](=O)[O-])c1)C1CCCCC1. The molecule has 0 saturated heterocycles. The highest BCUT2D eigenvalue weighted by Crippen LogP contribution is 2.19. The lowest BCUT2D eigenvalue weighted by Gasteiger charge is -2.29. The Kier molecular flexibility index (Phi) is 6.15. The molecular formula is C16H25N2O4+. The Morgan fingerprint density at radius 2 is 2.14 bits per heavy atom. The molecule has 2 N–H and O–H groups in total. The standard InChI is InChI=1S/C16H24N2O4/c1-17(13-6-3-2-4-7-13)11-15(19)12-22-16-9-5-8-14(10-16)18(20)21/h5,8-10,13,15,19H,2-4,6-7,11-12H2,1H3/p+1/t15-/m1/s1. The number of nitrogens with zero attached hydrogens (tertiary/aromatic N) is 1. The van der Waals surface area contributed by atoms with Gasteiger partial charge in [-0.2, -0.15) is 0 Å². The van der Waals surface area contributed by atoms with Gasteiger partial charge in [0.05, 0.1) is 24.1 Å². The fourth-order valence-electron chi connectivity index (χ4n) is 3.07. The average Bonchev–Trinajstić information content (AvgIpc) is 2.54. The van der Waals surface area contributed by atoms with E-state index in [2.05, 4.69) is 7.05 Å². The van der Waals surface area contributed by atoms with E-state index in [0.29, 0.717) is 18.3 Å². The van der Waals surface area contributed by atoms with E-state index in [1.807, 2.05) is 0 Å². The zero-order chi connectivity index (χ0) is 15.9. The molecule has 6 heteroatoms. The minimum atomic E-state index is -0.568. The molecule has 1 aliphatic rings. The van der Waals surface area contributed by atoms with Crippen LogP contribution in [0.3, 0.4) is 0 Å². The molecule has 0 spiro atoms. The quantitative estimate of drug-likeness (QED) is 0.586. The second-order valence-corrected chi connectivity index (χ2v) is 6.10. The number of aliphatic hydroxyl groups is 1. The first-order chi connectivity index (χ1) is 10.6. The number of nitro groups is 1. The van der Waals surface area contributed by atoms with E-state index in [-0.39, 0.29) is 12.3 Å². The topological polar surface area (TPSA) is 77.0 Å². The molecule has 0 heterocycles. The molecule has 1 aromatic rings. The van der Waals surface area contributed by atoms with Crippen molar-refractivity contribution in [1.82, 2.24) is 0 Å². The number of likely N-dealkylation sites (N-methyl/N-ethyl adjacent to an activating group) is 1. The van der Waals surface area contributed by atoms with Crippen LogP contribution < -0.4 is 9.64 Å². The third kappa shape index (κ3) is 4.96. The van der Waals surface area contributed by atoms with Crippen LogP contribution in [-0.4, -0.2) is 42.4 Å². The Bertz CT molecular complexity index is 489. The molecule has 6 nitrogen and oxygen atoms in total. The Morgan fingerprint density at radius 1 is 1.41 bits per heavy atom. The first-order valence-electron chi connectivity index (χ1n) is 7.94. The number of ether oxygens (including phenoxy) is 1. The lowest BCUT2D eigenvalue weighted by atomic mass is 9.94. The van der Waals surface area contributed by atoms with E-state index >= 15 is 0 Å². The van der Waals surface area contributed by atoms with Crippen molar-refractivity contribution in [3.05, 3.63) is 34.4 Å². The van der Waals surface area contributed by atoms with Crippen molar-refractivity contribution in [2.75, 3.05) is 20.2 Å². The van der Waals surface area contributed by atoms with Gasteiger partial charge in [0.1, 0.15) is 25.0 Å². The smallest absolute Gasteiger partial charge is 0.273 e. The molecule has 0 radical (unpaired) electrons. The maximum absolute atomic E-state index is 10.7. The molecule has 2 rings (SSSR count). The fraction of sp³-hybridized carbons (Fsp3) is 0.625. The highest BCUT2D eigenvalue weighted by molar-refractivity contribution is 5.37. The maximum atomic E-state index is 10.7. The number of rotatable bonds is 7. The Hall–Kier alpha value is -1.66. The number of hydrogen-bond acceptors (Lipinski definition) is 4. The highest BCUT2D eigenvalue weighted by Gasteiger charge is 2.23. The van der Waals surface area contributed by atoms with Gasteiger partial charge in [0.2, 0.25) is 0 Å². The number of nitrogens with one attached hydrogen (secondary N) is 1. The number of non-ortho nitro benzene ring substituents is 1. The summed E-state index contributed by atoms with van der Waals surface area (Å²) in [6.07, 6.45) is 5.77. The third-order valence-corrected chi connectivity index (χ3v) is 4.33. The fourth-order valence-corrected chi connectivity index (χ4v) is 3.07. The van der Waals surface area contributed by atoms with Gasteiger partial charge in [0.25, 0.3) is 5.69 Å². The van der Waals surface area contributed by atoms with Gasteiger partial charge < -0.3 is 14.7 Å². The van der Waals surface area contributed by atoms with Crippen LogP contribution in [0.4, 0.5) is 5.69 Å². The molecule has 1 unspecified atom stereocenters. The minimum absolute atomic E-state index is 0.00283. The number of aliphatic hydroxyl groups excluding tert-OH is 1. The molecule has 1 fully saturated rings. The summed E-state index contributed by atoms with van der Waals surface area (Å²) in [5, 5.41) is 20.8. The van der Waals surface area contributed by atoms with Crippen molar-refractivity contribution >= 4 is 5.69 Å². The largest absolute Gasteiger partial charge is 0.490 e. The summed E-state index contributed by atoms with van der Waals surface area (Å²) in [5.74, 6) is 0.420. The normalized spacial score (nSPS) is 18.6. The second-order valence-electron chi connectivity index (χ2n) is 6.10. The molecule has 0 aromatic heterocycles. The van der Waals surface area contributed by atoms with Gasteiger partial charge in [-0.3, -0.25) is 10.1 Å². The monoisotopic (exact) mass is 309 g/mol. The van der Waals surface area contributed by atoms with Gasteiger partial charge in [-0.05, 0) is 31.7 Å². The first-order valence-corrected chi connectivity index (χ1v) is 7.94. The van der Waals surface area contributed by atoms with Crippen molar-refractivity contribution in [3.63, 3.8) is 0 Å². The van der Waals surface area contributed by atoms with E-state index in [0.717, 1.165) is 0 Å². The van der Waals surface area contributed by atoms with Gasteiger partial charge in [-0.15, -0.1) is 0 Å². The summed E-state index contributed by atoms with van der Waals surface area (Å²) in [6.45, 7) is 0.796. The van der Waals surface area contributed by atoms with Crippen LogP contribution >= 0.6 is 0 Å². The van der Waals surface area contributed by atoms with E-state index in [4.69, 9.17) is 4.74 Å². The minimum Gasteiger partial charge on any atom is -0.490 e. The van der Waals surface area contributed by atoms with Crippen molar-refractivity contribution in [2.45, 2.75) is 44.2 Å². The van der Waals surface area contributed by atoms with Gasteiger partial charge in [0, 0.05) is 6.07 Å². The average molecular weight is 309 g/mol. The maximum Gasteiger partial charge on any atom is 0.273 e. The van der Waals surface area contributed by atoms with Crippen LogP contribution in [0.2, 0.25) is 0 Å². The Morgan fingerprint density at radius 3 is 2.82 bits per heavy atom. The van der Waals surface area contributed by atoms with Gasteiger partial charge in [0.15, 0.2) is 0 Å². The molecular weight excluding hydrogens is 284 g/mol. The lowest BCUT2D eigenvalue weighted by Crippen LogP contribution is -3.14. The lowest BCUT2D eigenvalue weighted by molar-refractivity contribution is -0.910. The Balaban J connectivity index is 1.78. The van der Waals surface area contributed by atoms with E-state index in [1.54, 1.807) is 12.1 Å². The first kappa shape index (κ1) is 16.7. The molecule has 0 amide bonds. The highest BCUT2D eigenvalue weighted by atomic mass is 16.6. The van der Waals surface area contributed by atoms with E-state index in [1.165, 1.54) is 49.1 Å². The van der Waals surface area contributed by atoms with Crippen molar-refractivity contribution in [1.29, 1.82) is 0 Å². The van der Waals surface area contributed by atoms with Crippen LogP contribution in [0.25, 0.3) is 0 Å². The van der Waals surface area contributed by atoms with Crippen LogP contribution in [0, 0.1) is 10.1 Å². The predicted molar refractivity (Wildman–Crippen MR) is 83.2 cm³/mol. The molecule has 0 aliphatic heterocycles. The zero-order valence-electron chi connectivity index (χ0n) is 13.0. The summed E-state index contributed by atoms with van der Waals surface area (Å²) in [6, 6.07) is 6.67. The number of quaternary nitrogens is 1. The molecule has 1 aromatic carbocycles. The second kappa shape index (κ2) is 8.10. The number of benzene rings is 1. The van der Waals surface area contributed by atoms with Crippen molar-refractivity contribution < 1.29 is 19.7 Å². The predicted octanol–water partition coefficient (Wildman–Crippen LogP) is 1.18. The number of hydrogen-bond donors (Lipinski definition) is 2. The van der Waals surface area contributed by atoms with Crippen LogP contribution in [0.1, 0.15) is 32.1 Å². The van der Waals surface area contributed by atoms with Gasteiger partial charge in [-0.25, -0.2) is 0 Å². The third-order valence-electron chi connectivity index (χ3n) is 4.33. The summed E-state index contributed by atoms with van der Waals surface area (Å²) in [5.41, 5.74) is -0.00283. The van der Waals surface area contributed by atoms with E-state index < -0.39 is 11.0 Å². The molecule has 1 saturated carbocycles. The van der Waals surface area contributed by atoms with Crippen LogP contribution in [0.15, 0.2) is 24.3 Å². The van der Waals surface area contributed by atoms with Gasteiger partial charge in [-0.1, -0.05) is 12.5 Å². The molecule has 122 valence electrons. The zero-order valence-corrected chi connectivity index (χ0v) is 13.0. The summed E-state index contributed by atoms with van der Waals surface area (Å²) in [7, 11) is 2.12. The van der Waals surface area contributed by atoms with Crippen LogP contribution in [-0.2, 0) is 0 Å². The molecule has 0 bridgehead atoms. The summed E-state index contributed by atoms with van der Waals surface area (Å²) < 4.78 is 5.48. The van der Waals surface area contributed by atoms with E-state index in [9.17, 15) is 15.2 Å². The summed E-state index contributed by atoms with van der Waals surface area (Å²) >= 11 is 0. The Labute approximate surface area is 130 Å². The van der Waals surface area contributed by atoms with Crippen LogP contribution in [0.5, 0.6) is 5.75 Å². The molecule has 1 aliphatic carbocycles. The molecule has 2 atom stereocenters. The van der Waals surface area contributed by atoms with Crippen molar-refractivity contribution in [3.8, 4) is 5.75 Å².